The van der Waals surface area contributed by atoms with Crippen LogP contribution in [0.1, 0.15) is 0 Å². The molecule has 0 aliphatic rings. The zero-order valence-corrected chi connectivity index (χ0v) is 6.98. The second-order valence-electron chi connectivity index (χ2n) is 2.30. The summed E-state index contributed by atoms with van der Waals surface area (Å²) in [7, 11) is 3.61. The first-order valence-corrected chi connectivity index (χ1v) is 3.26. The first-order chi connectivity index (χ1) is 5.57. The Morgan fingerprint density at radius 3 is 2.50 bits per heavy atom. The molecule has 0 saturated heterocycles. The molecule has 4 nitrogen and oxygen atoms in total. The van der Waals surface area contributed by atoms with Crippen molar-refractivity contribution in [3.8, 4) is 6.07 Å². The van der Waals surface area contributed by atoms with E-state index in [0.717, 1.165) is 0 Å². The Bertz CT molecular complexity index is 259. The van der Waals surface area contributed by atoms with Crippen molar-refractivity contribution in [2.24, 2.45) is 0 Å². The summed E-state index contributed by atoms with van der Waals surface area (Å²) < 4.78 is 0. The molecule has 0 fully saturated rings. The van der Waals surface area contributed by atoms with E-state index in [-0.39, 0.29) is 5.57 Å². The van der Waals surface area contributed by atoms with E-state index in [1.165, 1.54) is 12.2 Å². The molecule has 12 heavy (non-hydrogen) atoms. The van der Waals surface area contributed by atoms with Crippen molar-refractivity contribution in [1.82, 2.24) is 4.90 Å². The minimum absolute atomic E-state index is 0.270. The van der Waals surface area contributed by atoms with Gasteiger partial charge in [0.15, 0.2) is 0 Å². The summed E-state index contributed by atoms with van der Waals surface area (Å²) in [5.41, 5.74) is -0.270. The normalized spacial score (nSPS) is 11.2. The molecule has 0 aromatic carbocycles. The molecule has 0 aliphatic carbocycles. The van der Waals surface area contributed by atoms with Gasteiger partial charge in [-0.25, -0.2) is 4.79 Å². The molecule has 0 rings (SSSR count). The highest BCUT2D eigenvalue weighted by Gasteiger charge is 2.02. The van der Waals surface area contributed by atoms with Gasteiger partial charge in [-0.05, 0) is 18.4 Å². The zero-order valence-electron chi connectivity index (χ0n) is 6.98. The van der Waals surface area contributed by atoms with Crippen molar-refractivity contribution < 1.29 is 9.90 Å². The van der Waals surface area contributed by atoms with E-state index in [2.05, 4.69) is 0 Å². The van der Waals surface area contributed by atoms with Crippen molar-refractivity contribution in [3.05, 3.63) is 23.9 Å². The van der Waals surface area contributed by atoms with Gasteiger partial charge in [0, 0.05) is 14.1 Å². The van der Waals surface area contributed by atoms with Gasteiger partial charge in [0.2, 0.25) is 0 Å². The standard InChI is InChI=1S/C8H10N2O2/c1-10(2)5-3-4-7(6-9)8(11)12/h3-5H,1-2H3,(H,11,12). The zero-order chi connectivity index (χ0) is 9.56. The smallest absolute Gasteiger partial charge is 0.346 e. The fourth-order valence-electron chi connectivity index (χ4n) is 0.468. The van der Waals surface area contributed by atoms with Crippen LogP contribution in [0.5, 0.6) is 0 Å². The minimum atomic E-state index is -1.21. The summed E-state index contributed by atoms with van der Waals surface area (Å²) in [4.78, 5) is 12.0. The van der Waals surface area contributed by atoms with Crippen molar-refractivity contribution in [2.45, 2.75) is 0 Å². The molecule has 0 radical (unpaired) electrons. The van der Waals surface area contributed by atoms with Crippen molar-refractivity contribution in [2.75, 3.05) is 14.1 Å². The van der Waals surface area contributed by atoms with Crippen LogP contribution in [0.2, 0.25) is 0 Å². The van der Waals surface area contributed by atoms with Gasteiger partial charge in [0.25, 0.3) is 0 Å². The molecule has 0 heterocycles. The van der Waals surface area contributed by atoms with Gasteiger partial charge in [-0.3, -0.25) is 0 Å². The van der Waals surface area contributed by atoms with Gasteiger partial charge in [-0.1, -0.05) is 0 Å². The Hall–Kier alpha value is -1.76. The molecule has 0 bridgehead atoms. The van der Waals surface area contributed by atoms with Crippen LogP contribution in [-0.2, 0) is 4.79 Å². The number of nitrogens with zero attached hydrogens (tertiary/aromatic N) is 2. The molecule has 0 saturated carbocycles. The molecular formula is C8H10N2O2. The third kappa shape index (κ3) is 4.12. The monoisotopic (exact) mass is 166 g/mol. The number of carboxylic acid groups (broad SMARTS) is 1. The third-order valence-corrected chi connectivity index (χ3v) is 0.998. The maximum atomic E-state index is 10.3. The lowest BCUT2D eigenvalue weighted by Crippen LogP contribution is -2.00. The van der Waals surface area contributed by atoms with Crippen LogP contribution in [-0.4, -0.2) is 30.1 Å². The van der Waals surface area contributed by atoms with E-state index in [9.17, 15) is 4.79 Å². The summed E-state index contributed by atoms with van der Waals surface area (Å²) in [6.45, 7) is 0. The highest BCUT2D eigenvalue weighted by atomic mass is 16.4. The van der Waals surface area contributed by atoms with Crippen LogP contribution >= 0.6 is 0 Å². The molecule has 0 aliphatic heterocycles. The first kappa shape index (κ1) is 10.2. The molecular weight excluding hydrogens is 156 g/mol. The van der Waals surface area contributed by atoms with Gasteiger partial charge in [0.05, 0.1) is 0 Å². The summed E-state index contributed by atoms with van der Waals surface area (Å²) in [5.74, 6) is -1.21. The largest absolute Gasteiger partial charge is 0.477 e. The lowest BCUT2D eigenvalue weighted by atomic mass is 10.3. The van der Waals surface area contributed by atoms with E-state index < -0.39 is 5.97 Å². The predicted octanol–water partition coefficient (Wildman–Crippen LogP) is 0.596. The van der Waals surface area contributed by atoms with Crippen LogP contribution < -0.4 is 0 Å². The highest BCUT2D eigenvalue weighted by molar-refractivity contribution is 5.91. The average Bonchev–Trinajstić information content (AvgIpc) is 1.96. The third-order valence-electron chi connectivity index (χ3n) is 0.998. The molecule has 4 heteroatoms. The van der Waals surface area contributed by atoms with Crippen molar-refractivity contribution >= 4 is 5.97 Å². The Morgan fingerprint density at radius 1 is 1.58 bits per heavy atom. The van der Waals surface area contributed by atoms with Crippen molar-refractivity contribution in [3.63, 3.8) is 0 Å². The predicted molar refractivity (Wildman–Crippen MR) is 44.2 cm³/mol. The molecule has 0 aromatic heterocycles. The first-order valence-electron chi connectivity index (χ1n) is 3.26. The Kier molecular flexibility index (Phi) is 4.24. The maximum absolute atomic E-state index is 10.3. The quantitative estimate of drug-likeness (QED) is 0.378. The van der Waals surface area contributed by atoms with Gasteiger partial charge >= 0.3 is 5.97 Å². The van der Waals surface area contributed by atoms with Crippen LogP contribution in [0.4, 0.5) is 0 Å². The van der Waals surface area contributed by atoms with Crippen molar-refractivity contribution in [1.29, 1.82) is 5.26 Å². The van der Waals surface area contributed by atoms with Crippen LogP contribution in [0, 0.1) is 11.3 Å². The SMILES string of the molecule is CN(C)C=CC=C(C#N)C(=O)O. The number of hydrogen-bond acceptors (Lipinski definition) is 3. The van der Waals surface area contributed by atoms with E-state index >= 15 is 0 Å². The summed E-state index contributed by atoms with van der Waals surface area (Å²) in [5, 5.41) is 16.7. The second kappa shape index (κ2) is 4.97. The Balaban J connectivity index is 4.35. The number of carboxylic acids is 1. The summed E-state index contributed by atoms with van der Waals surface area (Å²) >= 11 is 0. The Morgan fingerprint density at radius 2 is 2.17 bits per heavy atom. The molecule has 0 aromatic rings. The number of carbonyl (C=O) groups is 1. The fraction of sp³-hybridized carbons (Fsp3) is 0.250. The molecule has 64 valence electrons. The summed E-state index contributed by atoms with van der Waals surface area (Å²) in [6, 6.07) is 1.57. The molecule has 0 unspecified atom stereocenters. The minimum Gasteiger partial charge on any atom is -0.477 e. The van der Waals surface area contributed by atoms with E-state index in [1.807, 2.05) is 0 Å². The van der Waals surface area contributed by atoms with Gasteiger partial charge in [-0.2, -0.15) is 5.26 Å². The molecule has 1 N–H and O–H groups in total. The van der Waals surface area contributed by atoms with Gasteiger partial charge in [-0.15, -0.1) is 0 Å². The highest BCUT2D eigenvalue weighted by Crippen LogP contribution is 1.92. The molecule has 0 atom stereocenters. The number of aliphatic carboxylic acids is 1. The topological polar surface area (TPSA) is 64.3 Å². The Labute approximate surface area is 71.0 Å². The number of allylic oxidation sites excluding steroid dienone is 2. The number of nitriles is 1. The lowest BCUT2D eigenvalue weighted by Gasteiger charge is -2.00. The lowest BCUT2D eigenvalue weighted by molar-refractivity contribution is -0.132. The van der Waals surface area contributed by atoms with E-state index in [4.69, 9.17) is 10.4 Å². The van der Waals surface area contributed by atoms with Crippen LogP contribution in [0.25, 0.3) is 0 Å². The van der Waals surface area contributed by atoms with E-state index in [0.29, 0.717) is 0 Å². The maximum Gasteiger partial charge on any atom is 0.346 e. The van der Waals surface area contributed by atoms with Crippen LogP contribution in [0.3, 0.4) is 0 Å². The average molecular weight is 166 g/mol. The second-order valence-corrected chi connectivity index (χ2v) is 2.30. The molecule has 0 spiro atoms. The van der Waals surface area contributed by atoms with Crippen LogP contribution in [0.15, 0.2) is 23.9 Å². The van der Waals surface area contributed by atoms with Gasteiger partial charge in [0.1, 0.15) is 11.6 Å². The number of rotatable bonds is 3. The molecule has 0 amide bonds. The fourth-order valence-corrected chi connectivity index (χ4v) is 0.468. The summed E-state index contributed by atoms with van der Waals surface area (Å²) in [6.07, 6.45) is 4.41. The number of hydrogen-bond donors (Lipinski definition) is 1. The van der Waals surface area contributed by atoms with E-state index in [1.54, 1.807) is 31.3 Å². The van der Waals surface area contributed by atoms with Gasteiger partial charge < -0.3 is 10.0 Å².